The van der Waals surface area contributed by atoms with Crippen LogP contribution in [-0.2, 0) is 6.18 Å². The van der Waals surface area contributed by atoms with Crippen LogP contribution in [0.1, 0.15) is 12.0 Å². The number of pyridine rings is 2. The number of nitrogens with one attached hydrogen (secondary N) is 1. The Morgan fingerprint density at radius 2 is 2.00 bits per heavy atom. The van der Waals surface area contributed by atoms with Crippen LogP contribution in [0.3, 0.4) is 0 Å². The smallest absolute Gasteiger partial charge is 0.416 e. The molecule has 200 valence electrons. The number of anilines is 3. The molecule has 2 aliphatic heterocycles. The Morgan fingerprint density at radius 1 is 1.21 bits per heavy atom. The van der Waals surface area contributed by atoms with Crippen molar-refractivity contribution in [3.05, 3.63) is 59.1 Å². The largest absolute Gasteiger partial charge is 0.475 e. The Labute approximate surface area is 220 Å². The van der Waals surface area contributed by atoms with Crippen molar-refractivity contribution in [1.29, 1.82) is 0 Å². The molecule has 1 aromatic carbocycles. The molecule has 2 aromatic heterocycles. The zero-order valence-corrected chi connectivity index (χ0v) is 20.6. The molecule has 3 aromatic rings. The van der Waals surface area contributed by atoms with Gasteiger partial charge in [0, 0.05) is 24.7 Å². The summed E-state index contributed by atoms with van der Waals surface area (Å²) in [6, 6.07) is 10.3. The molecule has 3 N–H and O–H groups in total. The van der Waals surface area contributed by atoms with Crippen molar-refractivity contribution in [2.24, 2.45) is 0 Å². The van der Waals surface area contributed by atoms with Crippen molar-refractivity contribution in [3.8, 4) is 17.1 Å². The highest BCUT2D eigenvalue weighted by Gasteiger charge is 2.41. The molecule has 5 rings (SSSR count). The number of carbonyl (C=O) groups excluding carboxylic acids is 1. The maximum atomic E-state index is 13.5. The van der Waals surface area contributed by atoms with E-state index in [1.54, 1.807) is 18.2 Å². The molecule has 13 heteroatoms. The second kappa shape index (κ2) is 10.3. The number of hydrogen-bond acceptors (Lipinski definition) is 7. The Balaban J connectivity index is 1.46. The molecule has 0 unspecified atom stereocenters. The summed E-state index contributed by atoms with van der Waals surface area (Å²) in [4.78, 5) is 25.8. The van der Waals surface area contributed by atoms with Crippen LogP contribution in [0.15, 0.2) is 48.5 Å². The van der Waals surface area contributed by atoms with Crippen molar-refractivity contribution in [3.63, 3.8) is 0 Å². The van der Waals surface area contributed by atoms with Gasteiger partial charge in [-0.05, 0) is 30.7 Å². The third-order valence-electron chi connectivity index (χ3n) is 6.31. The lowest BCUT2D eigenvalue weighted by Crippen LogP contribution is -2.48. The first-order chi connectivity index (χ1) is 18.1. The van der Waals surface area contributed by atoms with Crippen LogP contribution in [-0.4, -0.2) is 64.7 Å². The molecule has 2 atom stereocenters. The summed E-state index contributed by atoms with van der Waals surface area (Å²) in [5, 5.41) is 21.3. The van der Waals surface area contributed by atoms with Crippen LogP contribution in [0.4, 0.5) is 35.3 Å². The molecule has 0 saturated carbocycles. The zero-order chi connectivity index (χ0) is 27.0. The predicted octanol–water partition coefficient (Wildman–Crippen LogP) is 4.18. The van der Waals surface area contributed by atoms with Gasteiger partial charge < -0.3 is 19.8 Å². The number of rotatable bonds is 6. The van der Waals surface area contributed by atoms with Gasteiger partial charge in [0.15, 0.2) is 5.82 Å². The van der Waals surface area contributed by atoms with Crippen molar-refractivity contribution in [2.75, 3.05) is 41.4 Å². The van der Waals surface area contributed by atoms with Crippen LogP contribution in [0, 0.1) is 0 Å². The van der Waals surface area contributed by atoms with Gasteiger partial charge in [0.2, 0.25) is 5.88 Å². The van der Waals surface area contributed by atoms with Gasteiger partial charge in [0.05, 0.1) is 34.6 Å². The standard InChI is InChI=1S/C25H23ClF3N5O4/c26-18-10-19-23(32-22(18)14-3-1-4-15(9-14)25(27,28)29)34(16-7-8-33(19)11-16)24(37)31-20-5-2-6-21(30-20)38-13-17(36)12-35/h1-6,9-10,16-17,35-36H,7-8,11-13H2,(H,30,31,37)/t16-,17-/m0/s1. The number of ether oxygens (including phenoxy) is 1. The first-order valence-corrected chi connectivity index (χ1v) is 12.1. The number of benzene rings is 1. The average Bonchev–Trinajstić information content (AvgIpc) is 3.31. The van der Waals surface area contributed by atoms with Gasteiger partial charge in [-0.15, -0.1) is 0 Å². The van der Waals surface area contributed by atoms with Gasteiger partial charge in [-0.2, -0.15) is 18.2 Å². The van der Waals surface area contributed by atoms with Crippen LogP contribution < -0.4 is 19.9 Å². The summed E-state index contributed by atoms with van der Waals surface area (Å²) < 4.78 is 45.3. The molecule has 2 bridgehead atoms. The van der Waals surface area contributed by atoms with E-state index in [0.29, 0.717) is 25.2 Å². The molecule has 0 aliphatic carbocycles. The molecule has 38 heavy (non-hydrogen) atoms. The van der Waals surface area contributed by atoms with E-state index in [2.05, 4.69) is 15.3 Å². The molecule has 9 nitrogen and oxygen atoms in total. The molecular formula is C25H23ClF3N5O4. The van der Waals surface area contributed by atoms with Crippen LogP contribution in [0.2, 0.25) is 5.02 Å². The zero-order valence-electron chi connectivity index (χ0n) is 19.8. The number of urea groups is 1. The Hall–Kier alpha value is -3.61. The highest BCUT2D eigenvalue weighted by Crippen LogP contribution is 2.43. The SMILES string of the molecule is O=C(Nc1cccc(OC[C@@H](O)CO)n1)N1c2nc(-c3cccc(C(F)(F)F)c3)c(Cl)cc2N2CC[C@H]1C2. The third kappa shape index (κ3) is 5.19. The highest BCUT2D eigenvalue weighted by atomic mass is 35.5. The summed E-state index contributed by atoms with van der Waals surface area (Å²) in [6.45, 7) is 0.568. The number of carbonyl (C=O) groups is 1. The molecule has 0 spiro atoms. The van der Waals surface area contributed by atoms with Crippen LogP contribution in [0.5, 0.6) is 5.88 Å². The van der Waals surface area contributed by atoms with E-state index in [4.69, 9.17) is 21.4 Å². The summed E-state index contributed by atoms with van der Waals surface area (Å²) >= 11 is 6.49. The molecule has 2 amide bonds. The van der Waals surface area contributed by atoms with Crippen molar-refractivity contribution in [2.45, 2.75) is 24.7 Å². The fraction of sp³-hybridized carbons (Fsp3) is 0.320. The Morgan fingerprint density at radius 3 is 2.76 bits per heavy atom. The first kappa shape index (κ1) is 26.0. The van der Waals surface area contributed by atoms with E-state index < -0.39 is 30.5 Å². The number of alkyl halides is 3. The normalized spacial score (nSPS) is 17.3. The fourth-order valence-electron chi connectivity index (χ4n) is 4.50. The van der Waals surface area contributed by atoms with Gasteiger partial charge in [0.25, 0.3) is 0 Å². The van der Waals surface area contributed by atoms with Gasteiger partial charge in [-0.1, -0.05) is 29.8 Å². The lowest BCUT2D eigenvalue weighted by atomic mass is 10.1. The van der Waals surface area contributed by atoms with Crippen molar-refractivity contribution >= 4 is 35.0 Å². The summed E-state index contributed by atoms with van der Waals surface area (Å²) in [5.74, 6) is 0.602. The second-order valence-corrected chi connectivity index (χ2v) is 9.34. The maximum Gasteiger partial charge on any atom is 0.416 e. The van der Waals surface area contributed by atoms with Gasteiger partial charge >= 0.3 is 12.2 Å². The molecule has 1 fully saturated rings. The number of halogens is 4. The average molecular weight is 550 g/mol. The number of aliphatic hydroxyl groups excluding tert-OH is 2. The number of aromatic nitrogens is 2. The summed E-state index contributed by atoms with van der Waals surface area (Å²) in [6.07, 6.45) is -4.95. The quantitative estimate of drug-likeness (QED) is 0.423. The first-order valence-electron chi connectivity index (χ1n) is 11.8. The molecule has 4 heterocycles. The number of aliphatic hydroxyl groups is 2. The predicted molar refractivity (Wildman–Crippen MR) is 135 cm³/mol. The van der Waals surface area contributed by atoms with E-state index in [0.717, 1.165) is 12.1 Å². The monoisotopic (exact) mass is 549 g/mol. The number of amides is 2. The lowest BCUT2D eigenvalue weighted by Gasteiger charge is -2.36. The summed E-state index contributed by atoms with van der Waals surface area (Å²) in [5.41, 5.74) is 0.0895. The Kier molecular flexibility index (Phi) is 7.03. The van der Waals surface area contributed by atoms with E-state index in [-0.39, 0.29) is 46.4 Å². The molecular weight excluding hydrogens is 527 g/mol. The topological polar surface area (TPSA) is 111 Å². The number of fused-ring (bicyclic) bond motifs is 4. The number of hydrogen-bond donors (Lipinski definition) is 3. The van der Waals surface area contributed by atoms with E-state index in [9.17, 15) is 23.1 Å². The van der Waals surface area contributed by atoms with Gasteiger partial charge in [-0.3, -0.25) is 10.2 Å². The van der Waals surface area contributed by atoms with Crippen molar-refractivity contribution in [1.82, 2.24) is 9.97 Å². The van der Waals surface area contributed by atoms with Crippen molar-refractivity contribution < 1.29 is 32.9 Å². The van der Waals surface area contributed by atoms with Crippen LogP contribution >= 0.6 is 11.6 Å². The minimum atomic E-state index is -4.53. The summed E-state index contributed by atoms with van der Waals surface area (Å²) in [7, 11) is 0. The van der Waals surface area contributed by atoms with E-state index in [1.807, 2.05) is 4.90 Å². The lowest BCUT2D eigenvalue weighted by molar-refractivity contribution is -0.137. The van der Waals surface area contributed by atoms with E-state index in [1.165, 1.54) is 23.1 Å². The molecule has 0 radical (unpaired) electrons. The minimum Gasteiger partial charge on any atom is -0.475 e. The fourth-order valence-corrected chi connectivity index (χ4v) is 4.75. The minimum absolute atomic E-state index is 0.132. The second-order valence-electron chi connectivity index (χ2n) is 8.94. The molecule has 2 aliphatic rings. The Bertz CT molecular complexity index is 1360. The maximum absolute atomic E-state index is 13.5. The molecule has 1 saturated heterocycles. The number of nitrogens with zero attached hydrogens (tertiary/aromatic N) is 4. The van der Waals surface area contributed by atoms with Crippen LogP contribution in [0.25, 0.3) is 11.3 Å². The van der Waals surface area contributed by atoms with Gasteiger partial charge in [-0.25, -0.2) is 9.78 Å². The highest BCUT2D eigenvalue weighted by molar-refractivity contribution is 6.33. The van der Waals surface area contributed by atoms with E-state index >= 15 is 0 Å². The van der Waals surface area contributed by atoms with Gasteiger partial charge in [0.1, 0.15) is 18.5 Å². The third-order valence-corrected chi connectivity index (χ3v) is 6.60.